The number of hydrogen-bond acceptors (Lipinski definition) is 5. The summed E-state index contributed by atoms with van der Waals surface area (Å²) in [6.45, 7) is 2.00. The maximum absolute atomic E-state index is 12.5. The smallest absolute Gasteiger partial charge is 0.261 e. The standard InChI is InChI=1S/C20H20N2O5/c1-3-27-16-9-8-14(11-17(16)26-2)21-18(23)12-22-19(24)10-13-6-4-5-7-15(13)20(22)25/h4-9,11H,3,10,12H2,1-2H3,(H,21,23). The van der Waals surface area contributed by atoms with Gasteiger partial charge in [0.25, 0.3) is 5.91 Å². The normalized spacial score (nSPS) is 13.2. The number of nitrogens with one attached hydrogen (secondary N) is 1. The van der Waals surface area contributed by atoms with E-state index in [2.05, 4.69) is 5.32 Å². The average molecular weight is 368 g/mol. The lowest BCUT2D eigenvalue weighted by Crippen LogP contribution is -2.46. The van der Waals surface area contributed by atoms with Crippen LogP contribution in [-0.2, 0) is 16.0 Å². The molecule has 0 fully saturated rings. The molecule has 1 aliphatic rings. The summed E-state index contributed by atoms with van der Waals surface area (Å²) < 4.78 is 10.7. The molecule has 7 heteroatoms. The summed E-state index contributed by atoms with van der Waals surface area (Å²) in [6.07, 6.45) is 0.103. The van der Waals surface area contributed by atoms with Gasteiger partial charge in [0.1, 0.15) is 6.54 Å². The minimum absolute atomic E-state index is 0.103. The van der Waals surface area contributed by atoms with Crippen LogP contribution in [0.4, 0.5) is 5.69 Å². The summed E-state index contributed by atoms with van der Waals surface area (Å²) in [5.74, 6) is -0.272. The van der Waals surface area contributed by atoms with Crippen molar-refractivity contribution in [3.05, 3.63) is 53.6 Å². The first-order valence-corrected chi connectivity index (χ1v) is 8.56. The van der Waals surface area contributed by atoms with E-state index in [0.29, 0.717) is 34.9 Å². The Hall–Kier alpha value is -3.35. The van der Waals surface area contributed by atoms with Gasteiger partial charge in [0.2, 0.25) is 11.8 Å². The molecule has 27 heavy (non-hydrogen) atoms. The van der Waals surface area contributed by atoms with Crippen molar-refractivity contribution in [2.75, 3.05) is 25.6 Å². The summed E-state index contributed by atoms with van der Waals surface area (Å²) in [5.41, 5.74) is 1.62. The average Bonchev–Trinajstić information content (AvgIpc) is 2.66. The minimum atomic E-state index is -0.470. The lowest BCUT2D eigenvalue weighted by molar-refractivity contribution is -0.131. The number of methoxy groups -OCH3 is 1. The third-order valence-corrected chi connectivity index (χ3v) is 4.18. The quantitative estimate of drug-likeness (QED) is 0.791. The number of benzene rings is 2. The van der Waals surface area contributed by atoms with Crippen LogP contribution in [0.3, 0.4) is 0 Å². The Kier molecular flexibility index (Phi) is 5.40. The zero-order chi connectivity index (χ0) is 19.4. The molecule has 0 radical (unpaired) electrons. The van der Waals surface area contributed by atoms with Gasteiger partial charge in [0.15, 0.2) is 11.5 Å². The lowest BCUT2D eigenvalue weighted by atomic mass is 9.98. The van der Waals surface area contributed by atoms with Crippen LogP contribution in [0.5, 0.6) is 11.5 Å². The highest BCUT2D eigenvalue weighted by atomic mass is 16.5. The van der Waals surface area contributed by atoms with Crippen LogP contribution < -0.4 is 14.8 Å². The summed E-state index contributed by atoms with van der Waals surface area (Å²) >= 11 is 0. The van der Waals surface area contributed by atoms with E-state index < -0.39 is 17.7 Å². The fourth-order valence-corrected chi connectivity index (χ4v) is 2.92. The van der Waals surface area contributed by atoms with Gasteiger partial charge in [-0.15, -0.1) is 0 Å². The van der Waals surface area contributed by atoms with Gasteiger partial charge in [0, 0.05) is 17.3 Å². The van der Waals surface area contributed by atoms with E-state index in [1.807, 2.05) is 6.92 Å². The van der Waals surface area contributed by atoms with E-state index in [0.717, 1.165) is 4.90 Å². The molecule has 0 saturated carbocycles. The van der Waals surface area contributed by atoms with Crippen molar-refractivity contribution in [1.82, 2.24) is 4.90 Å². The van der Waals surface area contributed by atoms with Gasteiger partial charge in [-0.3, -0.25) is 19.3 Å². The van der Waals surface area contributed by atoms with Crippen molar-refractivity contribution in [1.29, 1.82) is 0 Å². The largest absolute Gasteiger partial charge is 0.493 e. The monoisotopic (exact) mass is 368 g/mol. The molecule has 2 aromatic rings. The van der Waals surface area contributed by atoms with Crippen molar-refractivity contribution in [2.45, 2.75) is 13.3 Å². The summed E-state index contributed by atoms with van der Waals surface area (Å²) in [4.78, 5) is 38.1. The maximum atomic E-state index is 12.5. The van der Waals surface area contributed by atoms with Crippen LogP contribution in [0.25, 0.3) is 0 Å². The third-order valence-electron chi connectivity index (χ3n) is 4.18. The first-order chi connectivity index (χ1) is 13.0. The molecule has 2 aromatic carbocycles. The van der Waals surface area contributed by atoms with Crippen LogP contribution >= 0.6 is 0 Å². The lowest BCUT2D eigenvalue weighted by Gasteiger charge is -2.26. The van der Waals surface area contributed by atoms with E-state index in [1.165, 1.54) is 7.11 Å². The Morgan fingerprint density at radius 3 is 2.67 bits per heavy atom. The molecule has 0 aliphatic carbocycles. The molecule has 0 spiro atoms. The molecular formula is C20H20N2O5. The number of carbonyl (C=O) groups is 3. The molecule has 3 rings (SSSR count). The molecule has 3 amide bonds. The van der Waals surface area contributed by atoms with Crippen LogP contribution in [0.2, 0.25) is 0 Å². The van der Waals surface area contributed by atoms with Gasteiger partial charge >= 0.3 is 0 Å². The number of imide groups is 1. The van der Waals surface area contributed by atoms with Crippen molar-refractivity contribution < 1.29 is 23.9 Å². The molecular weight excluding hydrogens is 348 g/mol. The highest BCUT2D eigenvalue weighted by Gasteiger charge is 2.31. The second-order valence-corrected chi connectivity index (χ2v) is 5.97. The van der Waals surface area contributed by atoms with E-state index in [1.54, 1.807) is 42.5 Å². The summed E-state index contributed by atoms with van der Waals surface area (Å²) in [6, 6.07) is 11.9. The maximum Gasteiger partial charge on any atom is 0.261 e. The number of fused-ring (bicyclic) bond motifs is 1. The van der Waals surface area contributed by atoms with Crippen molar-refractivity contribution in [3.63, 3.8) is 0 Å². The van der Waals surface area contributed by atoms with Crippen molar-refractivity contribution >= 4 is 23.4 Å². The van der Waals surface area contributed by atoms with Crippen molar-refractivity contribution in [3.8, 4) is 11.5 Å². The highest BCUT2D eigenvalue weighted by Crippen LogP contribution is 2.30. The predicted octanol–water partition coefficient (Wildman–Crippen LogP) is 2.26. The Bertz CT molecular complexity index is 894. The van der Waals surface area contributed by atoms with Gasteiger partial charge in [-0.25, -0.2) is 0 Å². The fraction of sp³-hybridized carbons (Fsp3) is 0.250. The molecule has 1 heterocycles. The van der Waals surface area contributed by atoms with Gasteiger partial charge < -0.3 is 14.8 Å². The molecule has 7 nitrogen and oxygen atoms in total. The highest BCUT2D eigenvalue weighted by molar-refractivity contribution is 6.12. The minimum Gasteiger partial charge on any atom is -0.493 e. The molecule has 1 aliphatic heterocycles. The second kappa shape index (κ2) is 7.90. The van der Waals surface area contributed by atoms with Gasteiger partial charge in [-0.2, -0.15) is 0 Å². The first kappa shape index (κ1) is 18.4. The predicted molar refractivity (Wildman–Crippen MR) is 99.0 cm³/mol. The summed E-state index contributed by atoms with van der Waals surface area (Å²) in [7, 11) is 1.51. The topological polar surface area (TPSA) is 84.9 Å². The number of carbonyl (C=O) groups excluding carboxylic acids is 3. The van der Waals surface area contributed by atoms with Gasteiger partial charge in [-0.05, 0) is 30.7 Å². The van der Waals surface area contributed by atoms with Gasteiger partial charge in [-0.1, -0.05) is 18.2 Å². The number of ether oxygens (including phenoxy) is 2. The Morgan fingerprint density at radius 2 is 1.93 bits per heavy atom. The number of amides is 3. The van der Waals surface area contributed by atoms with Crippen LogP contribution in [0.1, 0.15) is 22.8 Å². The Balaban J connectivity index is 1.71. The molecule has 1 N–H and O–H groups in total. The molecule has 0 aromatic heterocycles. The number of hydrogen-bond donors (Lipinski definition) is 1. The zero-order valence-corrected chi connectivity index (χ0v) is 15.2. The SMILES string of the molecule is CCOc1ccc(NC(=O)CN2C(=O)Cc3ccccc3C2=O)cc1OC. The fourth-order valence-electron chi connectivity index (χ4n) is 2.92. The molecule has 140 valence electrons. The summed E-state index contributed by atoms with van der Waals surface area (Å²) in [5, 5.41) is 2.68. The van der Waals surface area contributed by atoms with Crippen LogP contribution in [0.15, 0.2) is 42.5 Å². The first-order valence-electron chi connectivity index (χ1n) is 8.56. The Labute approximate surface area is 156 Å². The number of anilines is 1. The molecule has 0 unspecified atom stereocenters. The van der Waals surface area contributed by atoms with Crippen LogP contribution in [0, 0.1) is 0 Å². The van der Waals surface area contributed by atoms with Crippen LogP contribution in [-0.4, -0.2) is 42.9 Å². The van der Waals surface area contributed by atoms with E-state index in [9.17, 15) is 14.4 Å². The van der Waals surface area contributed by atoms with E-state index >= 15 is 0 Å². The molecule has 0 saturated heterocycles. The number of rotatable bonds is 6. The van der Waals surface area contributed by atoms with Crippen molar-refractivity contribution in [2.24, 2.45) is 0 Å². The zero-order valence-electron chi connectivity index (χ0n) is 15.2. The molecule has 0 atom stereocenters. The number of nitrogens with zero attached hydrogens (tertiary/aromatic N) is 1. The third kappa shape index (κ3) is 3.92. The van der Waals surface area contributed by atoms with Gasteiger partial charge in [0.05, 0.1) is 20.1 Å². The second-order valence-electron chi connectivity index (χ2n) is 5.97. The van der Waals surface area contributed by atoms with E-state index in [-0.39, 0.29) is 13.0 Å². The molecule has 0 bridgehead atoms. The van der Waals surface area contributed by atoms with E-state index in [4.69, 9.17) is 9.47 Å². The Morgan fingerprint density at radius 1 is 1.15 bits per heavy atom.